The lowest BCUT2D eigenvalue weighted by atomic mass is 9.79. The molecule has 8 rings (SSSR count). The second-order valence-electron chi connectivity index (χ2n) is 15.4. The van der Waals surface area contributed by atoms with E-state index in [1.807, 2.05) is 0 Å². The van der Waals surface area contributed by atoms with Gasteiger partial charge in [-0.2, -0.15) is 0 Å². The molecule has 6 aromatic rings. The highest BCUT2D eigenvalue weighted by Gasteiger charge is 2.38. The van der Waals surface area contributed by atoms with E-state index in [9.17, 15) is 28.6 Å². The molecule has 0 saturated heterocycles. The number of hydrogen-bond acceptors (Lipinski definition) is 13. The van der Waals surface area contributed by atoms with E-state index in [2.05, 4.69) is 55.8 Å². The Hall–Kier alpha value is -5.56. The number of carbonyl (C=O) groups excluding carboxylic acids is 2. The van der Waals surface area contributed by atoms with Gasteiger partial charge in [-0.25, -0.2) is 38.7 Å². The molecule has 2 fully saturated rings. The molecule has 0 radical (unpaired) electrons. The van der Waals surface area contributed by atoms with Gasteiger partial charge < -0.3 is 40.9 Å². The maximum atomic E-state index is 14.5. The number of H-pyrrole nitrogens is 2. The fourth-order valence-electron chi connectivity index (χ4n) is 8.02. The van der Waals surface area contributed by atoms with Crippen molar-refractivity contribution in [3.63, 3.8) is 0 Å². The SMILES string of the molecule is CCOC(=O)C[C@]1(O)CCCC(Nc2nc(-c3c[nH]c4ncc(Cl)cc34)ncc2F)C1.CNC(=O)C[C@]1(O)CCCC(Nc2nc(-c3c[nH]c4ncc(Cl)cc34)ncc2F)C1. The first-order valence-electron chi connectivity index (χ1n) is 19.9. The third kappa shape index (κ3) is 10.5. The third-order valence-corrected chi connectivity index (χ3v) is 11.2. The van der Waals surface area contributed by atoms with Crippen molar-refractivity contribution in [2.75, 3.05) is 24.3 Å². The van der Waals surface area contributed by atoms with Crippen LogP contribution < -0.4 is 16.0 Å². The highest BCUT2D eigenvalue weighted by molar-refractivity contribution is 6.31. The maximum absolute atomic E-state index is 14.5. The summed E-state index contributed by atoms with van der Waals surface area (Å²) in [5.41, 5.74) is 0.245. The predicted molar refractivity (Wildman–Crippen MR) is 226 cm³/mol. The molecule has 0 bridgehead atoms. The second kappa shape index (κ2) is 18.6. The molecule has 61 heavy (non-hydrogen) atoms. The average molecular weight is 881 g/mol. The number of amides is 1. The van der Waals surface area contributed by atoms with E-state index in [1.54, 1.807) is 31.5 Å². The topological polar surface area (TPSA) is 229 Å². The number of halogens is 4. The minimum atomic E-state index is -1.19. The molecular formula is C41H45Cl2F2N11O5. The average Bonchev–Trinajstić information content (AvgIpc) is 3.83. The number of ether oxygens (including phenoxy) is 1. The minimum Gasteiger partial charge on any atom is -0.466 e. The number of anilines is 2. The number of aromatic nitrogens is 8. The molecule has 6 heterocycles. The smallest absolute Gasteiger partial charge is 0.308 e. The van der Waals surface area contributed by atoms with Crippen LogP contribution in [0.2, 0.25) is 10.0 Å². The van der Waals surface area contributed by atoms with E-state index < -0.39 is 28.8 Å². The number of pyridine rings is 2. The molecule has 1 amide bonds. The molecule has 4 atom stereocenters. The normalized spacial score (nSPS) is 21.4. The standard InChI is InChI=1S/C21H23ClFN5O3.C20H22ClFN6O2/c1-2-31-17(29)8-21(30)5-3-4-13(7-21)27-20-16(23)11-26-19(28-20)15-10-25-18-14(15)6-12(22)9-24-18;1-23-16(29)7-20(30)4-2-3-12(6-20)27-19-15(22)10-26-18(28-19)14-9-25-17-13(14)5-11(21)8-24-17/h6,9-11,13,30H,2-5,7-8H2,1H3,(H,24,25)(H,26,27,28);5,8-10,12,30H,2-4,6-7H2,1H3,(H,23,29)(H,24,25)(H,26,27,28)/t13?,21-;12?,20-/m00/s1. The fourth-order valence-corrected chi connectivity index (χ4v) is 8.34. The molecule has 0 spiro atoms. The largest absolute Gasteiger partial charge is 0.466 e. The first-order chi connectivity index (χ1) is 29.2. The number of esters is 1. The predicted octanol–water partition coefficient (Wildman–Crippen LogP) is 6.89. The quantitative estimate of drug-likeness (QED) is 0.0659. The highest BCUT2D eigenvalue weighted by Crippen LogP contribution is 2.36. The van der Waals surface area contributed by atoms with Gasteiger partial charge in [0, 0.05) is 65.8 Å². The number of carbonyl (C=O) groups is 2. The monoisotopic (exact) mass is 879 g/mol. The number of fused-ring (bicyclic) bond motifs is 2. The second-order valence-corrected chi connectivity index (χ2v) is 16.3. The van der Waals surface area contributed by atoms with E-state index >= 15 is 0 Å². The van der Waals surface area contributed by atoms with Gasteiger partial charge in [0.15, 0.2) is 34.9 Å². The first-order valence-corrected chi connectivity index (χ1v) is 20.6. The number of aliphatic hydroxyl groups is 2. The maximum Gasteiger partial charge on any atom is 0.308 e. The molecule has 20 heteroatoms. The molecule has 6 aromatic heterocycles. The number of hydrogen-bond donors (Lipinski definition) is 7. The van der Waals surface area contributed by atoms with Gasteiger partial charge in [-0.1, -0.05) is 23.2 Å². The summed E-state index contributed by atoms with van der Waals surface area (Å²) in [6, 6.07) is 3.02. The Balaban J connectivity index is 0.000000184. The summed E-state index contributed by atoms with van der Waals surface area (Å²) >= 11 is 12.1. The van der Waals surface area contributed by atoms with Crippen molar-refractivity contribution in [3.8, 4) is 22.8 Å². The summed E-state index contributed by atoms with van der Waals surface area (Å²) in [5.74, 6) is -1.11. The zero-order valence-electron chi connectivity index (χ0n) is 33.4. The third-order valence-electron chi connectivity index (χ3n) is 10.8. The lowest BCUT2D eigenvalue weighted by Gasteiger charge is -2.36. The van der Waals surface area contributed by atoms with E-state index in [4.69, 9.17) is 27.9 Å². The highest BCUT2D eigenvalue weighted by atomic mass is 35.5. The van der Waals surface area contributed by atoms with Crippen LogP contribution in [0.15, 0.2) is 49.3 Å². The van der Waals surface area contributed by atoms with Crippen molar-refractivity contribution < 1.29 is 33.3 Å². The molecule has 2 aliphatic rings. The van der Waals surface area contributed by atoms with Crippen LogP contribution >= 0.6 is 23.2 Å². The Morgan fingerprint density at radius 3 is 1.72 bits per heavy atom. The summed E-state index contributed by atoms with van der Waals surface area (Å²) in [7, 11) is 1.54. The Morgan fingerprint density at radius 1 is 0.787 bits per heavy atom. The van der Waals surface area contributed by atoms with Crippen LogP contribution in [0, 0.1) is 11.6 Å². The fraction of sp³-hybridized carbons (Fsp3) is 0.415. The summed E-state index contributed by atoms with van der Waals surface area (Å²) < 4.78 is 33.9. The summed E-state index contributed by atoms with van der Waals surface area (Å²) in [6.45, 7) is 1.99. The Labute approximate surface area is 358 Å². The molecule has 2 saturated carbocycles. The van der Waals surface area contributed by atoms with Crippen LogP contribution in [-0.2, 0) is 14.3 Å². The van der Waals surface area contributed by atoms with Crippen molar-refractivity contribution in [3.05, 3.63) is 71.0 Å². The van der Waals surface area contributed by atoms with E-state index in [0.29, 0.717) is 69.8 Å². The van der Waals surface area contributed by atoms with Crippen molar-refractivity contribution in [2.24, 2.45) is 0 Å². The van der Waals surface area contributed by atoms with Gasteiger partial charge in [0.05, 0.1) is 53.1 Å². The zero-order valence-corrected chi connectivity index (χ0v) is 34.9. The summed E-state index contributed by atoms with van der Waals surface area (Å²) in [5, 5.41) is 32.7. The van der Waals surface area contributed by atoms with Gasteiger partial charge in [0.1, 0.15) is 11.3 Å². The Morgan fingerprint density at radius 2 is 1.26 bits per heavy atom. The zero-order chi connectivity index (χ0) is 43.3. The van der Waals surface area contributed by atoms with Gasteiger partial charge in [-0.05, 0) is 70.4 Å². The lowest BCUT2D eigenvalue weighted by Crippen LogP contribution is -2.43. The van der Waals surface area contributed by atoms with E-state index in [1.165, 1.54) is 19.4 Å². The molecule has 322 valence electrons. The minimum absolute atomic E-state index is 0.0162. The van der Waals surface area contributed by atoms with Crippen LogP contribution in [0.5, 0.6) is 0 Å². The van der Waals surface area contributed by atoms with E-state index in [0.717, 1.165) is 42.4 Å². The van der Waals surface area contributed by atoms with Gasteiger partial charge in [0.25, 0.3) is 0 Å². The number of aromatic amines is 2. The summed E-state index contributed by atoms with van der Waals surface area (Å²) in [6.07, 6.45) is 13.1. The van der Waals surface area contributed by atoms with Gasteiger partial charge in [-0.15, -0.1) is 0 Å². The van der Waals surface area contributed by atoms with Crippen molar-refractivity contribution >= 4 is 68.8 Å². The molecule has 2 aliphatic carbocycles. The summed E-state index contributed by atoms with van der Waals surface area (Å²) in [4.78, 5) is 55.0. The van der Waals surface area contributed by atoms with Crippen LogP contribution in [0.4, 0.5) is 20.4 Å². The van der Waals surface area contributed by atoms with Crippen LogP contribution in [-0.4, -0.2) is 98.9 Å². The van der Waals surface area contributed by atoms with Crippen molar-refractivity contribution in [2.45, 2.75) is 94.4 Å². The Kier molecular flexibility index (Phi) is 13.3. The molecule has 2 unspecified atom stereocenters. The van der Waals surface area contributed by atoms with Gasteiger partial charge in [-0.3, -0.25) is 9.59 Å². The van der Waals surface area contributed by atoms with E-state index in [-0.39, 0.29) is 55.5 Å². The number of nitrogens with one attached hydrogen (secondary N) is 5. The van der Waals surface area contributed by atoms with Crippen LogP contribution in [0.25, 0.3) is 44.8 Å². The molecule has 7 N–H and O–H groups in total. The van der Waals surface area contributed by atoms with Crippen LogP contribution in [0.3, 0.4) is 0 Å². The number of nitrogens with zero attached hydrogens (tertiary/aromatic N) is 6. The Bertz CT molecular complexity index is 2540. The molecule has 0 aromatic carbocycles. The molecule has 16 nitrogen and oxygen atoms in total. The lowest BCUT2D eigenvalue weighted by molar-refractivity contribution is -0.150. The van der Waals surface area contributed by atoms with Crippen molar-refractivity contribution in [1.29, 1.82) is 0 Å². The first kappa shape index (κ1) is 43.5. The van der Waals surface area contributed by atoms with Crippen molar-refractivity contribution in [1.82, 2.24) is 45.2 Å². The number of rotatable bonds is 11. The van der Waals surface area contributed by atoms with Gasteiger partial charge >= 0.3 is 5.97 Å². The molecule has 0 aliphatic heterocycles. The van der Waals surface area contributed by atoms with Crippen LogP contribution in [0.1, 0.15) is 71.1 Å². The molecular weight excluding hydrogens is 835 g/mol. The van der Waals surface area contributed by atoms with Gasteiger partial charge in [0.2, 0.25) is 5.91 Å².